The smallest absolute Gasteiger partial charge is 0.337 e. The lowest BCUT2D eigenvalue weighted by atomic mass is 10.0. The molecule has 140 valence electrons. The van der Waals surface area contributed by atoms with Gasteiger partial charge in [0.25, 0.3) is 0 Å². The van der Waals surface area contributed by atoms with Gasteiger partial charge in [0.1, 0.15) is 0 Å². The van der Waals surface area contributed by atoms with Gasteiger partial charge in [-0.1, -0.05) is 30.3 Å². The van der Waals surface area contributed by atoms with E-state index in [4.69, 9.17) is 0 Å². The van der Waals surface area contributed by atoms with E-state index in [1.165, 1.54) is 0 Å². The van der Waals surface area contributed by atoms with Crippen molar-refractivity contribution in [2.24, 2.45) is 5.10 Å². The first-order valence-electron chi connectivity index (χ1n) is 9.03. The van der Waals surface area contributed by atoms with Crippen molar-refractivity contribution in [1.29, 1.82) is 0 Å². The maximum Gasteiger partial charge on any atom is 0.341 e. The molecule has 3 heterocycles. The molecule has 8 heteroatoms. The third kappa shape index (κ3) is 3.47. The van der Waals surface area contributed by atoms with E-state index in [1.54, 1.807) is 11.2 Å². The summed E-state index contributed by atoms with van der Waals surface area (Å²) in [4.78, 5) is 25.0. The number of piperazine rings is 1. The molecule has 27 heavy (non-hydrogen) atoms. The van der Waals surface area contributed by atoms with Gasteiger partial charge >= 0.3 is 6.03 Å². The number of amides is 2. The van der Waals surface area contributed by atoms with Gasteiger partial charge in [0.15, 0.2) is 5.82 Å². The number of halogens is 1. The number of hydrazone groups is 1. The van der Waals surface area contributed by atoms with Crippen LogP contribution in [0, 0.1) is 5.82 Å². The summed E-state index contributed by atoms with van der Waals surface area (Å²) in [6.45, 7) is 3.71. The lowest BCUT2D eigenvalue weighted by Crippen LogP contribution is -2.57. The van der Waals surface area contributed by atoms with Crippen LogP contribution in [0.5, 0.6) is 0 Å². The lowest BCUT2D eigenvalue weighted by Gasteiger charge is -2.41. The predicted molar refractivity (Wildman–Crippen MR) is 99.9 cm³/mol. The third-order valence-corrected chi connectivity index (χ3v) is 4.97. The van der Waals surface area contributed by atoms with Crippen LogP contribution in [-0.2, 0) is 0 Å². The van der Waals surface area contributed by atoms with E-state index in [2.05, 4.69) is 15.1 Å². The average molecular weight is 368 g/mol. The molecule has 2 amide bonds. The largest absolute Gasteiger partial charge is 0.341 e. The number of carbonyl (C=O) groups excluding carboxylic acids is 1. The topological polar surface area (TPSA) is 64.9 Å². The van der Waals surface area contributed by atoms with Crippen LogP contribution in [0.4, 0.5) is 15.1 Å². The van der Waals surface area contributed by atoms with Crippen LogP contribution in [-0.4, -0.2) is 57.8 Å². The van der Waals surface area contributed by atoms with Gasteiger partial charge in [-0.3, -0.25) is 0 Å². The van der Waals surface area contributed by atoms with E-state index in [-0.39, 0.29) is 18.1 Å². The van der Waals surface area contributed by atoms with Gasteiger partial charge in [0, 0.05) is 38.3 Å². The zero-order valence-corrected chi connectivity index (χ0v) is 15.1. The molecule has 1 saturated heterocycles. The van der Waals surface area contributed by atoms with Crippen molar-refractivity contribution in [2.75, 3.05) is 24.5 Å². The molecule has 7 nitrogen and oxygen atoms in total. The van der Waals surface area contributed by atoms with E-state index >= 15 is 0 Å². The highest BCUT2D eigenvalue weighted by Crippen LogP contribution is 2.30. The Hall–Kier alpha value is -3.03. The predicted octanol–water partition coefficient (Wildman–Crippen LogP) is 2.68. The zero-order valence-electron chi connectivity index (χ0n) is 15.1. The van der Waals surface area contributed by atoms with Crippen LogP contribution in [0.15, 0.2) is 47.8 Å². The SMILES string of the molecule is CC1CN(c2ncc(F)cn2)CCN1C(=O)N1N=CC[C@H]1c1ccccc1. The van der Waals surface area contributed by atoms with Crippen molar-refractivity contribution in [1.82, 2.24) is 19.9 Å². The molecular weight excluding hydrogens is 347 g/mol. The summed E-state index contributed by atoms with van der Waals surface area (Å²) in [6.07, 6.45) is 4.83. The Labute approximate surface area is 157 Å². The quantitative estimate of drug-likeness (QED) is 0.818. The zero-order chi connectivity index (χ0) is 18.8. The average Bonchev–Trinajstić information content (AvgIpc) is 3.18. The molecule has 0 radical (unpaired) electrons. The number of carbonyl (C=O) groups is 1. The number of hydrogen-bond acceptors (Lipinski definition) is 5. The Morgan fingerprint density at radius 2 is 1.89 bits per heavy atom. The molecule has 1 fully saturated rings. The van der Waals surface area contributed by atoms with Gasteiger partial charge in [-0.2, -0.15) is 5.10 Å². The fourth-order valence-corrected chi connectivity index (χ4v) is 3.57. The molecule has 0 saturated carbocycles. The van der Waals surface area contributed by atoms with E-state index in [0.717, 1.165) is 18.0 Å². The van der Waals surface area contributed by atoms with Crippen molar-refractivity contribution < 1.29 is 9.18 Å². The van der Waals surface area contributed by atoms with E-state index in [1.807, 2.05) is 47.1 Å². The minimum Gasteiger partial charge on any atom is -0.337 e. The van der Waals surface area contributed by atoms with Crippen molar-refractivity contribution in [3.63, 3.8) is 0 Å². The highest BCUT2D eigenvalue weighted by Gasteiger charge is 2.36. The monoisotopic (exact) mass is 368 g/mol. The Balaban J connectivity index is 1.45. The first-order valence-corrected chi connectivity index (χ1v) is 9.03. The molecule has 0 spiro atoms. The molecule has 2 aromatic rings. The fourth-order valence-electron chi connectivity index (χ4n) is 3.57. The number of nitrogens with zero attached hydrogens (tertiary/aromatic N) is 6. The Morgan fingerprint density at radius 1 is 1.15 bits per heavy atom. The minimum absolute atomic E-state index is 0.0351. The summed E-state index contributed by atoms with van der Waals surface area (Å²) < 4.78 is 13.0. The standard InChI is InChI=1S/C19H21FN6O/c1-14-13-24(18-21-11-16(20)12-22-18)9-10-25(14)19(27)26-17(7-8-23-26)15-5-3-2-4-6-15/h2-6,8,11-12,14,17H,7,9-10,13H2,1H3/t14?,17-/m0/s1. The van der Waals surface area contributed by atoms with Crippen LogP contribution < -0.4 is 4.90 Å². The number of anilines is 1. The molecule has 1 aromatic heterocycles. The van der Waals surface area contributed by atoms with E-state index in [0.29, 0.717) is 32.0 Å². The van der Waals surface area contributed by atoms with Crippen LogP contribution in [0.3, 0.4) is 0 Å². The minimum atomic E-state index is -0.459. The Kier molecular flexibility index (Phi) is 4.70. The Morgan fingerprint density at radius 3 is 2.59 bits per heavy atom. The highest BCUT2D eigenvalue weighted by atomic mass is 19.1. The number of urea groups is 1. The van der Waals surface area contributed by atoms with E-state index in [9.17, 15) is 9.18 Å². The van der Waals surface area contributed by atoms with Crippen molar-refractivity contribution in [2.45, 2.75) is 25.4 Å². The maximum atomic E-state index is 13.1. The number of aromatic nitrogens is 2. The van der Waals surface area contributed by atoms with Gasteiger partial charge in [-0.05, 0) is 12.5 Å². The molecule has 1 unspecified atom stereocenters. The molecule has 2 atom stereocenters. The maximum absolute atomic E-state index is 13.1. The van der Waals surface area contributed by atoms with Gasteiger partial charge in [-0.15, -0.1) is 0 Å². The molecule has 4 rings (SSSR count). The molecule has 0 bridgehead atoms. The summed E-state index contributed by atoms with van der Waals surface area (Å²) in [5.74, 6) is 0.0242. The molecule has 2 aliphatic heterocycles. The summed E-state index contributed by atoms with van der Waals surface area (Å²) in [5, 5.41) is 5.91. The molecule has 1 aromatic carbocycles. The number of hydrogen-bond donors (Lipinski definition) is 0. The van der Waals surface area contributed by atoms with Gasteiger partial charge in [0.2, 0.25) is 5.95 Å². The lowest BCUT2D eigenvalue weighted by molar-refractivity contribution is 0.121. The summed E-state index contributed by atoms with van der Waals surface area (Å²) in [7, 11) is 0. The summed E-state index contributed by atoms with van der Waals surface area (Å²) >= 11 is 0. The Bertz CT molecular complexity index is 828. The van der Waals surface area contributed by atoms with Gasteiger partial charge < -0.3 is 9.80 Å². The number of benzene rings is 1. The van der Waals surface area contributed by atoms with Gasteiger partial charge in [-0.25, -0.2) is 24.2 Å². The second kappa shape index (κ2) is 7.30. The first kappa shape index (κ1) is 17.4. The van der Waals surface area contributed by atoms with Crippen LogP contribution in [0.25, 0.3) is 0 Å². The molecule has 0 N–H and O–H groups in total. The normalized spacial score (nSPS) is 22.4. The summed E-state index contributed by atoms with van der Waals surface area (Å²) in [5.41, 5.74) is 1.08. The third-order valence-electron chi connectivity index (χ3n) is 4.97. The van der Waals surface area contributed by atoms with E-state index < -0.39 is 5.82 Å². The fraction of sp³-hybridized carbons (Fsp3) is 0.368. The van der Waals surface area contributed by atoms with Crippen LogP contribution in [0.1, 0.15) is 24.9 Å². The van der Waals surface area contributed by atoms with Crippen LogP contribution >= 0.6 is 0 Å². The second-order valence-corrected chi connectivity index (χ2v) is 6.78. The summed E-state index contributed by atoms with van der Waals surface area (Å²) in [6, 6.07) is 9.76. The first-order chi connectivity index (χ1) is 13.1. The van der Waals surface area contributed by atoms with Crippen molar-refractivity contribution >= 4 is 18.2 Å². The molecule has 0 aliphatic carbocycles. The molecule has 2 aliphatic rings. The van der Waals surface area contributed by atoms with Crippen molar-refractivity contribution in [3.8, 4) is 0 Å². The molecular formula is C19H21FN6O. The van der Waals surface area contributed by atoms with Crippen molar-refractivity contribution in [3.05, 3.63) is 54.1 Å². The number of rotatable bonds is 2. The highest BCUT2D eigenvalue weighted by molar-refractivity contribution is 5.79. The van der Waals surface area contributed by atoms with Gasteiger partial charge in [0.05, 0.1) is 18.4 Å². The second-order valence-electron chi connectivity index (χ2n) is 6.78. The van der Waals surface area contributed by atoms with Crippen LogP contribution in [0.2, 0.25) is 0 Å².